The Kier molecular flexibility index (Phi) is 10.8. The summed E-state index contributed by atoms with van der Waals surface area (Å²) in [6.45, 7) is 5.19. The fourth-order valence-corrected chi connectivity index (χ4v) is 5.81. The van der Waals surface area contributed by atoms with E-state index in [9.17, 15) is 8.78 Å². The molecule has 0 bridgehead atoms. The molecule has 3 aromatic carbocycles. The lowest BCUT2D eigenvalue weighted by molar-refractivity contribution is 0.244. The van der Waals surface area contributed by atoms with E-state index in [4.69, 9.17) is 4.74 Å². The first-order chi connectivity index (χ1) is 18.6. The molecule has 38 heavy (non-hydrogen) atoms. The normalized spacial score (nSPS) is 17.5. The molecular weight excluding hydrogens is 474 g/mol. The summed E-state index contributed by atoms with van der Waals surface area (Å²) < 4.78 is 35.4. The molecule has 4 rings (SSSR count). The SMILES string of the molecule is CCCCCc1ccc(-c2ccc(-c3ccc(OCCCCC4CCC(CC)CC4)cc3)cc2)c(F)c1F. The maximum Gasteiger partial charge on any atom is 0.166 e. The molecule has 1 fully saturated rings. The van der Waals surface area contributed by atoms with E-state index in [2.05, 4.69) is 26.0 Å². The van der Waals surface area contributed by atoms with Crippen molar-refractivity contribution in [2.45, 2.75) is 90.9 Å². The van der Waals surface area contributed by atoms with Gasteiger partial charge in [0.1, 0.15) is 5.75 Å². The van der Waals surface area contributed by atoms with Crippen molar-refractivity contribution in [2.75, 3.05) is 6.61 Å². The molecule has 3 aromatic rings. The van der Waals surface area contributed by atoms with Crippen molar-refractivity contribution < 1.29 is 13.5 Å². The molecule has 0 aliphatic heterocycles. The molecule has 1 saturated carbocycles. The predicted octanol–water partition coefficient (Wildman–Crippen LogP) is 10.8. The van der Waals surface area contributed by atoms with Crippen molar-refractivity contribution in [1.29, 1.82) is 0 Å². The summed E-state index contributed by atoms with van der Waals surface area (Å²) in [5.74, 6) is 1.33. The Morgan fingerprint density at radius 1 is 0.658 bits per heavy atom. The first kappa shape index (κ1) is 28.3. The van der Waals surface area contributed by atoms with Gasteiger partial charge < -0.3 is 4.74 Å². The molecule has 1 aliphatic carbocycles. The van der Waals surface area contributed by atoms with Gasteiger partial charge in [0.2, 0.25) is 0 Å². The highest BCUT2D eigenvalue weighted by Gasteiger charge is 2.19. The first-order valence-electron chi connectivity index (χ1n) is 14.9. The van der Waals surface area contributed by atoms with Crippen LogP contribution in [-0.4, -0.2) is 6.61 Å². The number of halogens is 2. The highest BCUT2D eigenvalue weighted by molar-refractivity contribution is 5.71. The summed E-state index contributed by atoms with van der Waals surface area (Å²) in [7, 11) is 0. The second-order valence-corrected chi connectivity index (χ2v) is 11.1. The van der Waals surface area contributed by atoms with Crippen molar-refractivity contribution >= 4 is 0 Å². The van der Waals surface area contributed by atoms with Crippen LogP contribution in [0.25, 0.3) is 22.3 Å². The molecule has 1 aliphatic rings. The largest absolute Gasteiger partial charge is 0.494 e. The Morgan fingerprint density at radius 2 is 1.29 bits per heavy atom. The standard InChI is InChI=1S/C35H44F2O/c1-3-5-6-10-31-21-24-33(35(37)34(31)36)30-17-15-28(16-18-30)29-19-22-32(23-20-29)38-25-8-7-9-27-13-11-26(4-2)12-14-27/h15-24,26-27H,3-14,25H2,1-2H3. The topological polar surface area (TPSA) is 9.23 Å². The predicted molar refractivity (Wildman–Crippen MR) is 156 cm³/mol. The van der Waals surface area contributed by atoms with Gasteiger partial charge in [-0.1, -0.05) is 114 Å². The van der Waals surface area contributed by atoms with Gasteiger partial charge in [-0.2, -0.15) is 0 Å². The van der Waals surface area contributed by atoms with Crippen LogP contribution < -0.4 is 4.74 Å². The van der Waals surface area contributed by atoms with Crippen molar-refractivity contribution in [1.82, 2.24) is 0 Å². The van der Waals surface area contributed by atoms with Crippen LogP contribution in [0, 0.1) is 23.5 Å². The van der Waals surface area contributed by atoms with Gasteiger partial charge in [0.25, 0.3) is 0 Å². The van der Waals surface area contributed by atoms with Crippen molar-refractivity contribution in [2.24, 2.45) is 11.8 Å². The number of aryl methyl sites for hydroxylation is 1. The maximum absolute atomic E-state index is 14.8. The Bertz CT molecular complexity index is 1110. The van der Waals surface area contributed by atoms with Crippen molar-refractivity contribution in [3.8, 4) is 28.0 Å². The van der Waals surface area contributed by atoms with E-state index in [0.29, 0.717) is 23.1 Å². The van der Waals surface area contributed by atoms with Crippen LogP contribution in [0.5, 0.6) is 5.75 Å². The highest BCUT2D eigenvalue weighted by Crippen LogP contribution is 2.33. The second-order valence-electron chi connectivity index (χ2n) is 11.1. The lowest BCUT2D eigenvalue weighted by Crippen LogP contribution is -2.14. The van der Waals surface area contributed by atoms with Crippen LogP contribution in [-0.2, 0) is 6.42 Å². The van der Waals surface area contributed by atoms with E-state index in [-0.39, 0.29) is 0 Å². The Hall–Kier alpha value is -2.68. The molecule has 0 saturated heterocycles. The number of hydrogen-bond acceptors (Lipinski definition) is 1. The number of hydrogen-bond donors (Lipinski definition) is 0. The van der Waals surface area contributed by atoms with E-state index in [1.54, 1.807) is 12.1 Å². The molecular formula is C35H44F2O. The van der Waals surface area contributed by atoms with Crippen LogP contribution >= 0.6 is 0 Å². The minimum atomic E-state index is -0.753. The summed E-state index contributed by atoms with van der Waals surface area (Å²) in [6.07, 6.45) is 14.3. The molecule has 204 valence electrons. The molecule has 0 aromatic heterocycles. The summed E-state index contributed by atoms with van der Waals surface area (Å²) in [4.78, 5) is 0. The fraction of sp³-hybridized carbons (Fsp3) is 0.486. The van der Waals surface area contributed by atoms with E-state index in [1.165, 1.54) is 44.9 Å². The molecule has 0 amide bonds. The van der Waals surface area contributed by atoms with E-state index in [1.807, 2.05) is 36.4 Å². The molecule has 0 heterocycles. The molecule has 0 unspecified atom stereocenters. The van der Waals surface area contributed by atoms with Gasteiger partial charge in [0.05, 0.1) is 6.61 Å². The smallest absolute Gasteiger partial charge is 0.166 e. The van der Waals surface area contributed by atoms with Gasteiger partial charge in [0, 0.05) is 5.56 Å². The van der Waals surface area contributed by atoms with Crippen LogP contribution in [0.1, 0.15) is 90.0 Å². The van der Waals surface area contributed by atoms with Crippen molar-refractivity contribution in [3.63, 3.8) is 0 Å². The fourth-order valence-electron chi connectivity index (χ4n) is 5.81. The van der Waals surface area contributed by atoms with Gasteiger partial charge in [-0.25, -0.2) is 8.78 Å². The third-order valence-electron chi connectivity index (χ3n) is 8.41. The lowest BCUT2D eigenvalue weighted by Gasteiger charge is -2.27. The zero-order valence-electron chi connectivity index (χ0n) is 23.3. The van der Waals surface area contributed by atoms with Gasteiger partial charge >= 0.3 is 0 Å². The second kappa shape index (κ2) is 14.5. The molecule has 0 radical (unpaired) electrons. The highest BCUT2D eigenvalue weighted by atomic mass is 19.2. The van der Waals surface area contributed by atoms with Crippen LogP contribution in [0.4, 0.5) is 8.78 Å². The number of unbranched alkanes of at least 4 members (excludes halogenated alkanes) is 3. The zero-order chi connectivity index (χ0) is 26.7. The Morgan fingerprint density at radius 3 is 1.95 bits per heavy atom. The molecule has 3 heteroatoms. The summed E-state index contributed by atoms with van der Waals surface area (Å²) in [5.41, 5.74) is 3.57. The monoisotopic (exact) mass is 518 g/mol. The molecule has 1 nitrogen and oxygen atoms in total. The minimum Gasteiger partial charge on any atom is -0.494 e. The first-order valence-corrected chi connectivity index (χ1v) is 14.9. The van der Waals surface area contributed by atoms with E-state index >= 15 is 0 Å². The number of rotatable bonds is 13. The van der Waals surface area contributed by atoms with Crippen molar-refractivity contribution in [3.05, 3.63) is 77.9 Å². The van der Waals surface area contributed by atoms with E-state index in [0.717, 1.165) is 61.0 Å². The third-order valence-corrected chi connectivity index (χ3v) is 8.41. The van der Waals surface area contributed by atoms with Crippen LogP contribution in [0.3, 0.4) is 0 Å². The van der Waals surface area contributed by atoms with Gasteiger partial charge in [-0.3, -0.25) is 0 Å². The maximum atomic E-state index is 14.8. The van der Waals surface area contributed by atoms with Gasteiger partial charge in [-0.15, -0.1) is 0 Å². The quantitative estimate of drug-likeness (QED) is 0.204. The Balaban J connectivity index is 1.25. The number of ether oxygens (including phenoxy) is 1. The average molecular weight is 519 g/mol. The molecule has 0 spiro atoms. The van der Waals surface area contributed by atoms with Crippen LogP contribution in [0.2, 0.25) is 0 Å². The molecule has 0 atom stereocenters. The Labute approximate surface area is 228 Å². The summed E-state index contributed by atoms with van der Waals surface area (Å²) >= 11 is 0. The van der Waals surface area contributed by atoms with E-state index < -0.39 is 11.6 Å². The average Bonchev–Trinajstić information content (AvgIpc) is 2.96. The van der Waals surface area contributed by atoms with Gasteiger partial charge in [0.15, 0.2) is 11.6 Å². The minimum absolute atomic E-state index is 0.311. The number of benzene rings is 3. The summed E-state index contributed by atoms with van der Waals surface area (Å²) in [5, 5.41) is 0. The lowest BCUT2D eigenvalue weighted by atomic mass is 9.79. The molecule has 0 N–H and O–H groups in total. The van der Waals surface area contributed by atoms with Gasteiger partial charge in [-0.05, 0) is 71.9 Å². The summed E-state index contributed by atoms with van der Waals surface area (Å²) in [6, 6.07) is 19.2. The zero-order valence-corrected chi connectivity index (χ0v) is 23.3. The third kappa shape index (κ3) is 7.68. The van der Waals surface area contributed by atoms with Crippen LogP contribution in [0.15, 0.2) is 60.7 Å².